The molecule has 3 aromatic rings. The first-order valence-electron chi connectivity index (χ1n) is 11.1. The zero-order chi connectivity index (χ0) is 24.9. The molecule has 0 aliphatic heterocycles. The van der Waals surface area contributed by atoms with Gasteiger partial charge in [-0.05, 0) is 59.8 Å². The van der Waals surface area contributed by atoms with Crippen LogP contribution in [0.5, 0.6) is 5.75 Å². The van der Waals surface area contributed by atoms with Crippen LogP contribution in [0.3, 0.4) is 0 Å². The summed E-state index contributed by atoms with van der Waals surface area (Å²) in [6, 6.07) is 13.0. The van der Waals surface area contributed by atoms with Crippen LogP contribution in [0.2, 0.25) is 5.28 Å². The molecular weight excluding hydrogens is 473 g/mol. The number of rotatable bonds is 8. The maximum Gasteiger partial charge on any atom is 0.407 e. The first-order chi connectivity index (χ1) is 16.9. The first kappa shape index (κ1) is 24.2. The Bertz CT molecular complexity index is 1280. The molecule has 1 heterocycles. The average Bonchev–Trinajstić information content (AvgIpc) is 3.25. The lowest BCUT2D eigenvalue weighted by atomic mass is 9.96. The number of fused-ring (bicyclic) bond motifs is 1. The molecule has 0 saturated heterocycles. The maximum atomic E-state index is 13.4. The van der Waals surface area contributed by atoms with Crippen molar-refractivity contribution in [1.29, 1.82) is 5.26 Å². The quantitative estimate of drug-likeness (QED) is 0.350. The molecule has 35 heavy (non-hydrogen) atoms. The number of ether oxygens (including phenoxy) is 1. The van der Waals surface area contributed by atoms with E-state index in [1.54, 1.807) is 24.3 Å². The Balaban J connectivity index is 1.44. The highest BCUT2D eigenvalue weighted by Crippen LogP contribution is 2.38. The molecule has 0 bridgehead atoms. The molecule has 10 heteroatoms. The van der Waals surface area contributed by atoms with Gasteiger partial charge in [0.1, 0.15) is 24.2 Å². The second-order valence-electron chi connectivity index (χ2n) is 8.18. The zero-order valence-corrected chi connectivity index (χ0v) is 19.5. The number of carboxylic acid groups (broad SMARTS) is 1. The molecule has 8 nitrogen and oxygen atoms in total. The molecule has 4 rings (SSSR count). The van der Waals surface area contributed by atoms with Crippen LogP contribution in [0.1, 0.15) is 40.4 Å². The monoisotopic (exact) mass is 495 g/mol. The lowest BCUT2D eigenvalue weighted by molar-refractivity contribution is 0.135. The number of hydrogen-bond acceptors (Lipinski definition) is 6. The number of anilines is 1. The number of benzene rings is 2. The van der Waals surface area contributed by atoms with Crippen LogP contribution in [0.4, 0.5) is 14.9 Å². The summed E-state index contributed by atoms with van der Waals surface area (Å²) >= 11 is 6.21. The van der Waals surface area contributed by atoms with Crippen molar-refractivity contribution in [2.75, 3.05) is 25.4 Å². The Labute approximate surface area is 206 Å². The number of hydrogen-bond donors (Lipinski definition) is 2. The molecule has 0 radical (unpaired) electrons. The van der Waals surface area contributed by atoms with E-state index in [0.29, 0.717) is 29.1 Å². The van der Waals surface area contributed by atoms with E-state index < -0.39 is 6.09 Å². The standard InChI is InChI=1S/C25H23ClFN5O3/c26-24-30-21(20-8-7-19(23(20)31-24)15-1-4-17(27)5-2-15)9-10-32(25(33)34)11-12-35-22-13-18(29)6-3-16(22)14-28/h1-6,13,19H,7-12,29H2,(H,33,34). The van der Waals surface area contributed by atoms with Crippen molar-refractivity contribution in [2.24, 2.45) is 0 Å². The minimum Gasteiger partial charge on any atom is -0.490 e. The van der Waals surface area contributed by atoms with Crippen molar-refractivity contribution in [1.82, 2.24) is 14.9 Å². The number of nitrogens with two attached hydrogens (primary N) is 1. The van der Waals surface area contributed by atoms with E-state index >= 15 is 0 Å². The van der Waals surface area contributed by atoms with Crippen LogP contribution in [-0.2, 0) is 12.8 Å². The van der Waals surface area contributed by atoms with Gasteiger partial charge in [-0.25, -0.2) is 19.2 Å². The molecule has 2 aromatic carbocycles. The van der Waals surface area contributed by atoms with Gasteiger partial charge < -0.3 is 20.5 Å². The molecule has 1 amide bonds. The normalized spacial score (nSPS) is 14.3. The van der Waals surface area contributed by atoms with E-state index in [2.05, 4.69) is 9.97 Å². The van der Waals surface area contributed by atoms with Crippen molar-refractivity contribution >= 4 is 23.4 Å². The summed E-state index contributed by atoms with van der Waals surface area (Å²) in [6.07, 6.45) is 0.782. The molecule has 1 aliphatic rings. The fourth-order valence-corrected chi connectivity index (χ4v) is 4.48. The highest BCUT2D eigenvalue weighted by atomic mass is 35.5. The molecule has 1 aliphatic carbocycles. The summed E-state index contributed by atoms with van der Waals surface area (Å²) in [7, 11) is 0. The van der Waals surface area contributed by atoms with E-state index in [9.17, 15) is 19.6 Å². The summed E-state index contributed by atoms with van der Waals surface area (Å²) in [4.78, 5) is 21.9. The number of nitriles is 1. The summed E-state index contributed by atoms with van der Waals surface area (Å²) in [5.74, 6) is -0.00255. The lowest BCUT2D eigenvalue weighted by Crippen LogP contribution is -2.35. The van der Waals surface area contributed by atoms with Crippen molar-refractivity contribution in [3.8, 4) is 11.8 Å². The van der Waals surface area contributed by atoms with Gasteiger partial charge in [0.25, 0.3) is 0 Å². The molecular formula is C25H23ClFN5O3. The van der Waals surface area contributed by atoms with Gasteiger partial charge in [0.05, 0.1) is 23.5 Å². The van der Waals surface area contributed by atoms with Gasteiger partial charge >= 0.3 is 6.09 Å². The smallest absolute Gasteiger partial charge is 0.407 e. The summed E-state index contributed by atoms with van der Waals surface area (Å²) < 4.78 is 19.0. The van der Waals surface area contributed by atoms with Gasteiger partial charge in [-0.2, -0.15) is 5.26 Å². The van der Waals surface area contributed by atoms with Crippen LogP contribution < -0.4 is 10.5 Å². The highest BCUT2D eigenvalue weighted by Gasteiger charge is 2.29. The zero-order valence-electron chi connectivity index (χ0n) is 18.7. The Morgan fingerprint density at radius 1 is 1.26 bits per heavy atom. The predicted octanol–water partition coefficient (Wildman–Crippen LogP) is 4.40. The SMILES string of the molecule is N#Cc1ccc(N)cc1OCCN(CCc1nc(Cl)nc2c1CCC2c1ccc(F)cc1)C(=O)O. The second kappa shape index (κ2) is 10.6. The largest absolute Gasteiger partial charge is 0.490 e. The van der Waals surface area contributed by atoms with Gasteiger partial charge in [0.15, 0.2) is 0 Å². The first-order valence-corrected chi connectivity index (χ1v) is 11.4. The average molecular weight is 496 g/mol. The van der Waals surface area contributed by atoms with Crippen LogP contribution >= 0.6 is 11.6 Å². The van der Waals surface area contributed by atoms with E-state index in [4.69, 9.17) is 22.1 Å². The van der Waals surface area contributed by atoms with E-state index in [1.807, 2.05) is 6.07 Å². The third-order valence-corrected chi connectivity index (χ3v) is 6.19. The topological polar surface area (TPSA) is 125 Å². The number of carbonyl (C=O) groups is 1. The fourth-order valence-electron chi connectivity index (χ4n) is 4.29. The third kappa shape index (κ3) is 5.61. The Kier molecular flexibility index (Phi) is 7.32. The number of aromatic nitrogens is 2. The van der Waals surface area contributed by atoms with Crippen molar-refractivity contribution < 1.29 is 19.0 Å². The second-order valence-corrected chi connectivity index (χ2v) is 8.52. The molecule has 3 N–H and O–H groups in total. The van der Waals surface area contributed by atoms with Gasteiger partial charge in [-0.1, -0.05) is 12.1 Å². The van der Waals surface area contributed by atoms with Crippen LogP contribution in [0.25, 0.3) is 0 Å². The van der Waals surface area contributed by atoms with E-state index in [0.717, 1.165) is 29.7 Å². The molecule has 0 saturated carbocycles. The number of amides is 1. The fraction of sp³-hybridized carbons (Fsp3) is 0.280. The Hall–Kier alpha value is -3.90. The third-order valence-electron chi connectivity index (χ3n) is 6.02. The number of halogens is 2. The Morgan fingerprint density at radius 2 is 2.03 bits per heavy atom. The van der Waals surface area contributed by atoms with Gasteiger partial charge in [-0.3, -0.25) is 0 Å². The molecule has 1 aromatic heterocycles. The van der Waals surface area contributed by atoms with Crippen molar-refractivity contribution in [2.45, 2.75) is 25.2 Å². The molecule has 180 valence electrons. The summed E-state index contributed by atoms with van der Waals surface area (Å²) in [6.45, 7) is 0.329. The molecule has 0 spiro atoms. The van der Waals surface area contributed by atoms with Crippen LogP contribution in [0.15, 0.2) is 42.5 Å². The van der Waals surface area contributed by atoms with Crippen LogP contribution in [0, 0.1) is 17.1 Å². The molecule has 0 fully saturated rings. The van der Waals surface area contributed by atoms with E-state index in [-0.39, 0.29) is 36.7 Å². The van der Waals surface area contributed by atoms with Gasteiger partial charge in [0, 0.05) is 30.6 Å². The number of nitrogens with zero attached hydrogens (tertiary/aromatic N) is 4. The van der Waals surface area contributed by atoms with Crippen LogP contribution in [-0.4, -0.2) is 45.8 Å². The molecule has 1 unspecified atom stereocenters. The molecule has 1 atom stereocenters. The van der Waals surface area contributed by atoms with Gasteiger partial charge in [-0.15, -0.1) is 0 Å². The Morgan fingerprint density at radius 3 is 2.74 bits per heavy atom. The summed E-state index contributed by atoms with van der Waals surface area (Å²) in [5, 5.41) is 19.0. The van der Waals surface area contributed by atoms with Crippen molar-refractivity contribution in [3.63, 3.8) is 0 Å². The highest BCUT2D eigenvalue weighted by molar-refractivity contribution is 6.28. The summed E-state index contributed by atoms with van der Waals surface area (Å²) in [5.41, 5.74) is 9.95. The number of nitrogen functional groups attached to an aromatic ring is 1. The lowest BCUT2D eigenvalue weighted by Gasteiger charge is -2.20. The maximum absolute atomic E-state index is 13.4. The minimum absolute atomic E-state index is 0.0125. The van der Waals surface area contributed by atoms with Crippen molar-refractivity contribution in [3.05, 3.63) is 81.6 Å². The predicted molar refractivity (Wildman–Crippen MR) is 128 cm³/mol. The van der Waals surface area contributed by atoms with Gasteiger partial charge in [0.2, 0.25) is 5.28 Å². The minimum atomic E-state index is -1.09. The van der Waals surface area contributed by atoms with E-state index in [1.165, 1.54) is 23.1 Å².